The van der Waals surface area contributed by atoms with Gasteiger partial charge in [-0.2, -0.15) is 0 Å². The molecule has 0 aromatic heterocycles. The van der Waals surface area contributed by atoms with E-state index in [0.717, 1.165) is 24.3 Å². The molecule has 0 unspecified atom stereocenters. The molecule has 2 aromatic carbocycles. The van der Waals surface area contributed by atoms with E-state index in [1.807, 2.05) is 0 Å². The van der Waals surface area contributed by atoms with Gasteiger partial charge in [-0.25, -0.2) is 16.8 Å². The van der Waals surface area contributed by atoms with E-state index in [0.29, 0.717) is 0 Å². The second-order valence-corrected chi connectivity index (χ2v) is 9.61. The minimum Gasteiger partial charge on any atom is -0.710 e. The maximum Gasteiger partial charge on any atom is 0.241 e. The van der Waals surface area contributed by atoms with Crippen molar-refractivity contribution in [1.82, 2.24) is 0 Å². The largest absolute Gasteiger partial charge is 0.710 e. The quantitative estimate of drug-likeness (QED) is 0.726. The zero-order chi connectivity index (χ0) is 17.3. The van der Waals surface area contributed by atoms with Crippen molar-refractivity contribution in [2.24, 2.45) is 5.11 Å². The SMILES string of the molecule is [N-]=NC(S(=O)(=O)c1ccc(Cl)cc1)S(=O)(=O)c1ccc(Cl)cc1. The van der Waals surface area contributed by atoms with Gasteiger partial charge in [0.05, 0.1) is 9.79 Å². The first-order chi connectivity index (χ1) is 10.7. The fourth-order valence-electron chi connectivity index (χ4n) is 1.77. The first-order valence-electron chi connectivity index (χ1n) is 6.03. The molecule has 0 radical (unpaired) electrons. The molecule has 0 atom stereocenters. The van der Waals surface area contributed by atoms with Gasteiger partial charge in [0.25, 0.3) is 0 Å². The van der Waals surface area contributed by atoms with Crippen LogP contribution in [-0.2, 0) is 19.7 Å². The lowest BCUT2D eigenvalue weighted by molar-refractivity contribution is 0.575. The van der Waals surface area contributed by atoms with Crippen molar-refractivity contribution in [3.05, 3.63) is 64.1 Å². The molecule has 0 N–H and O–H groups in total. The molecule has 0 aliphatic rings. The van der Waals surface area contributed by atoms with Gasteiger partial charge in [-0.15, -0.1) is 0 Å². The topological polar surface area (TPSA) is 103 Å². The van der Waals surface area contributed by atoms with Gasteiger partial charge in [-0.1, -0.05) is 23.2 Å². The van der Waals surface area contributed by atoms with E-state index in [1.165, 1.54) is 24.3 Å². The van der Waals surface area contributed by atoms with Crippen LogP contribution in [0.3, 0.4) is 0 Å². The highest BCUT2D eigenvalue weighted by atomic mass is 35.5. The normalized spacial score (nSPS) is 12.3. The Morgan fingerprint density at radius 1 is 0.739 bits per heavy atom. The molecule has 0 saturated carbocycles. The fourth-order valence-corrected chi connectivity index (χ4v) is 5.77. The Kier molecular flexibility index (Phi) is 5.10. The lowest BCUT2D eigenvalue weighted by Gasteiger charge is -2.17. The summed E-state index contributed by atoms with van der Waals surface area (Å²) < 4.78 is 47.4. The summed E-state index contributed by atoms with van der Waals surface area (Å²) in [6.45, 7) is 0. The van der Waals surface area contributed by atoms with Crippen molar-refractivity contribution in [2.75, 3.05) is 0 Å². The monoisotopic (exact) mass is 391 g/mol. The maximum atomic E-state index is 12.5. The Morgan fingerprint density at radius 3 is 1.30 bits per heavy atom. The summed E-state index contributed by atoms with van der Waals surface area (Å²) in [5.41, 5.74) is 9.04. The summed E-state index contributed by atoms with van der Waals surface area (Å²) in [5, 5.41) is 3.15. The number of halogens is 2. The lowest BCUT2D eigenvalue weighted by atomic mass is 10.4. The molecule has 2 rings (SSSR count). The van der Waals surface area contributed by atoms with Gasteiger partial charge in [-0.05, 0) is 48.5 Å². The van der Waals surface area contributed by atoms with Crippen LogP contribution in [0.25, 0.3) is 5.53 Å². The lowest BCUT2D eigenvalue weighted by Crippen LogP contribution is -2.28. The smallest absolute Gasteiger partial charge is 0.241 e. The summed E-state index contributed by atoms with van der Waals surface area (Å²) in [6.07, 6.45) is 0. The van der Waals surface area contributed by atoms with Crippen LogP contribution in [0.5, 0.6) is 0 Å². The highest BCUT2D eigenvalue weighted by molar-refractivity contribution is 8.09. The molecule has 10 heteroatoms. The van der Waals surface area contributed by atoms with E-state index in [2.05, 4.69) is 5.11 Å². The van der Waals surface area contributed by atoms with Gasteiger partial charge >= 0.3 is 0 Å². The van der Waals surface area contributed by atoms with Gasteiger partial charge < -0.3 is 10.6 Å². The third kappa shape index (κ3) is 3.55. The van der Waals surface area contributed by atoms with E-state index in [9.17, 15) is 16.8 Å². The summed E-state index contributed by atoms with van der Waals surface area (Å²) in [7, 11) is -8.96. The predicted molar refractivity (Wildman–Crippen MR) is 86.9 cm³/mol. The number of nitrogens with zero attached hydrogens (tertiary/aromatic N) is 2. The zero-order valence-corrected chi connectivity index (χ0v) is 14.4. The number of rotatable bonds is 5. The van der Waals surface area contributed by atoms with Crippen molar-refractivity contribution >= 4 is 42.9 Å². The van der Waals surface area contributed by atoms with Crippen molar-refractivity contribution in [3.8, 4) is 0 Å². The van der Waals surface area contributed by atoms with Crippen molar-refractivity contribution < 1.29 is 16.8 Å². The highest BCUT2D eigenvalue weighted by Gasteiger charge is 2.37. The molecule has 0 bridgehead atoms. The molecular weight excluding hydrogens is 383 g/mol. The van der Waals surface area contributed by atoms with Gasteiger partial charge in [0.2, 0.25) is 24.4 Å². The van der Waals surface area contributed by atoms with Crippen LogP contribution in [0.4, 0.5) is 0 Å². The van der Waals surface area contributed by atoms with Crippen LogP contribution in [0.2, 0.25) is 10.0 Å². The summed E-state index contributed by atoms with van der Waals surface area (Å²) >= 11 is 11.4. The molecule has 23 heavy (non-hydrogen) atoms. The third-order valence-electron chi connectivity index (χ3n) is 2.91. The summed E-state index contributed by atoms with van der Waals surface area (Å²) in [6, 6.07) is 9.69. The Labute approximate surface area is 143 Å². The average molecular weight is 392 g/mol. The first-order valence-corrected chi connectivity index (χ1v) is 9.87. The highest BCUT2D eigenvalue weighted by Crippen LogP contribution is 2.28. The number of hydrogen-bond donors (Lipinski definition) is 0. The molecule has 0 amide bonds. The fraction of sp³-hybridized carbons (Fsp3) is 0.0769. The predicted octanol–water partition coefficient (Wildman–Crippen LogP) is 3.55. The molecule has 0 saturated heterocycles. The number of hydrogen-bond acceptors (Lipinski definition) is 5. The van der Waals surface area contributed by atoms with E-state index in [4.69, 9.17) is 28.7 Å². The number of benzene rings is 2. The van der Waals surface area contributed by atoms with Gasteiger partial charge in [0.1, 0.15) is 0 Å². The molecule has 0 spiro atoms. The van der Waals surface area contributed by atoms with Crippen LogP contribution in [-0.4, -0.2) is 21.5 Å². The molecule has 6 nitrogen and oxygen atoms in total. The Balaban J connectivity index is 2.55. The molecule has 0 aliphatic heterocycles. The Hall–Kier alpha value is -1.48. The molecule has 0 heterocycles. The summed E-state index contributed by atoms with van der Waals surface area (Å²) in [4.78, 5) is -0.663. The number of sulfone groups is 2. The van der Waals surface area contributed by atoms with Gasteiger partial charge in [-0.3, -0.25) is 0 Å². The van der Waals surface area contributed by atoms with Gasteiger partial charge in [0.15, 0.2) is 0 Å². The molecule has 122 valence electrons. The molecular formula is C13H9Cl2N2O4S2-. The molecule has 2 aromatic rings. The van der Waals surface area contributed by atoms with Crippen LogP contribution in [0.15, 0.2) is 63.4 Å². The van der Waals surface area contributed by atoms with Crippen molar-refractivity contribution in [2.45, 2.75) is 14.5 Å². The Morgan fingerprint density at radius 2 is 1.04 bits per heavy atom. The van der Waals surface area contributed by atoms with E-state index in [1.54, 1.807) is 0 Å². The first kappa shape index (κ1) is 17.9. The Bertz CT molecular complexity index is 849. The van der Waals surface area contributed by atoms with Gasteiger partial charge in [0, 0.05) is 10.0 Å². The third-order valence-corrected chi connectivity index (χ3v) is 8.04. The van der Waals surface area contributed by atoms with E-state index in [-0.39, 0.29) is 19.8 Å². The standard InChI is InChI=1S/C13H9Cl2N2O4S2/c14-9-1-5-11(6-2-9)22(18,19)13(17-16)23(20,21)12-7-3-10(15)4-8-12/h1-8,13H/q-1. The maximum absolute atomic E-state index is 12.5. The minimum absolute atomic E-state index is 0.280. The van der Waals surface area contributed by atoms with Crippen LogP contribution in [0, 0.1) is 0 Å². The van der Waals surface area contributed by atoms with Crippen LogP contribution >= 0.6 is 23.2 Å². The van der Waals surface area contributed by atoms with Crippen molar-refractivity contribution in [3.63, 3.8) is 0 Å². The molecule has 0 aliphatic carbocycles. The average Bonchev–Trinajstić information content (AvgIpc) is 2.48. The second kappa shape index (κ2) is 6.56. The zero-order valence-electron chi connectivity index (χ0n) is 11.3. The minimum atomic E-state index is -4.48. The summed E-state index contributed by atoms with van der Waals surface area (Å²) in [5.74, 6) is 0. The van der Waals surface area contributed by atoms with Crippen molar-refractivity contribution in [1.29, 1.82) is 0 Å². The van der Waals surface area contributed by atoms with E-state index >= 15 is 0 Å². The van der Waals surface area contributed by atoms with Crippen LogP contribution in [0.1, 0.15) is 0 Å². The van der Waals surface area contributed by atoms with Crippen LogP contribution < -0.4 is 0 Å². The molecule has 0 fully saturated rings. The second-order valence-electron chi connectivity index (χ2n) is 4.42. The van der Waals surface area contributed by atoms with E-state index < -0.39 is 24.4 Å².